The Balaban J connectivity index is 1.78. The number of fused-ring (bicyclic) bond motifs is 1. The topological polar surface area (TPSA) is 107 Å². The summed E-state index contributed by atoms with van der Waals surface area (Å²) in [7, 11) is -3.38. The van der Waals surface area contributed by atoms with Gasteiger partial charge in [-0.15, -0.1) is 0 Å². The summed E-state index contributed by atoms with van der Waals surface area (Å²) >= 11 is 0. The number of pyridine rings is 1. The number of nitrogens with one attached hydrogen (secondary N) is 2. The third-order valence-electron chi connectivity index (χ3n) is 2.95. The van der Waals surface area contributed by atoms with Crippen LogP contribution in [0.15, 0.2) is 12.1 Å². The number of hydrogen-bond acceptors (Lipinski definition) is 6. The van der Waals surface area contributed by atoms with Crippen molar-refractivity contribution in [2.24, 2.45) is 0 Å². The number of aromatic nitrogens is 1. The minimum absolute atomic E-state index is 0.140. The van der Waals surface area contributed by atoms with Gasteiger partial charge >= 0.3 is 6.03 Å². The van der Waals surface area contributed by atoms with Crippen molar-refractivity contribution in [3.8, 4) is 5.88 Å². The molecule has 0 aromatic carbocycles. The van der Waals surface area contributed by atoms with E-state index in [1.54, 1.807) is 6.07 Å². The molecule has 0 fully saturated rings. The SMILES string of the molecule is CS(=O)(=O)OCCCCOc1ccc2c(n1)NC(=O)NCC2. The van der Waals surface area contributed by atoms with Crippen molar-refractivity contribution in [1.29, 1.82) is 0 Å². The first-order chi connectivity index (χ1) is 10.4. The zero-order valence-electron chi connectivity index (χ0n) is 12.3. The zero-order valence-corrected chi connectivity index (χ0v) is 13.1. The number of ether oxygens (including phenoxy) is 1. The molecule has 2 heterocycles. The molecule has 1 aliphatic rings. The zero-order chi connectivity index (χ0) is 16.0. The molecule has 0 saturated carbocycles. The van der Waals surface area contributed by atoms with E-state index in [9.17, 15) is 13.2 Å². The number of urea groups is 1. The van der Waals surface area contributed by atoms with Crippen LogP contribution in [0.4, 0.5) is 10.6 Å². The summed E-state index contributed by atoms with van der Waals surface area (Å²) < 4.78 is 31.7. The minimum atomic E-state index is -3.38. The van der Waals surface area contributed by atoms with Gasteiger partial charge in [0, 0.05) is 12.6 Å². The molecule has 122 valence electrons. The Bertz CT molecular complexity index is 633. The Kier molecular flexibility index (Phi) is 5.56. The van der Waals surface area contributed by atoms with Crippen LogP contribution in [0.5, 0.6) is 5.88 Å². The van der Waals surface area contributed by atoms with E-state index in [1.807, 2.05) is 6.07 Å². The molecule has 0 bridgehead atoms. The summed E-state index contributed by atoms with van der Waals surface area (Å²) in [5.41, 5.74) is 0.951. The maximum Gasteiger partial charge on any atom is 0.320 e. The van der Waals surface area contributed by atoms with Gasteiger partial charge in [0.2, 0.25) is 5.88 Å². The Morgan fingerprint density at radius 1 is 1.27 bits per heavy atom. The lowest BCUT2D eigenvalue weighted by atomic mass is 10.2. The van der Waals surface area contributed by atoms with E-state index in [4.69, 9.17) is 4.74 Å². The highest BCUT2D eigenvalue weighted by Gasteiger charge is 2.14. The van der Waals surface area contributed by atoms with Gasteiger partial charge < -0.3 is 10.1 Å². The molecule has 2 amide bonds. The summed E-state index contributed by atoms with van der Waals surface area (Å²) in [6.45, 7) is 1.10. The third kappa shape index (κ3) is 5.49. The van der Waals surface area contributed by atoms with Crippen LogP contribution in [0.1, 0.15) is 18.4 Å². The highest BCUT2D eigenvalue weighted by atomic mass is 32.2. The second kappa shape index (κ2) is 7.41. The summed E-state index contributed by atoms with van der Waals surface area (Å²) in [5.74, 6) is 0.929. The molecule has 0 unspecified atom stereocenters. The van der Waals surface area contributed by atoms with Crippen molar-refractivity contribution in [2.75, 3.05) is 31.3 Å². The molecule has 0 spiro atoms. The van der Waals surface area contributed by atoms with Gasteiger partial charge in [-0.1, -0.05) is 0 Å². The molecule has 0 radical (unpaired) electrons. The predicted molar refractivity (Wildman–Crippen MR) is 80.5 cm³/mol. The van der Waals surface area contributed by atoms with Crippen LogP contribution in [0.3, 0.4) is 0 Å². The first-order valence-electron chi connectivity index (χ1n) is 6.96. The van der Waals surface area contributed by atoms with Crippen molar-refractivity contribution >= 4 is 22.0 Å². The van der Waals surface area contributed by atoms with Crippen LogP contribution in [-0.4, -0.2) is 45.4 Å². The number of unbranched alkanes of at least 4 members (excludes halogenated alkanes) is 1. The molecule has 2 rings (SSSR count). The first-order valence-corrected chi connectivity index (χ1v) is 8.78. The van der Waals surface area contributed by atoms with E-state index in [-0.39, 0.29) is 12.6 Å². The van der Waals surface area contributed by atoms with Crippen LogP contribution in [-0.2, 0) is 20.7 Å². The maximum absolute atomic E-state index is 11.4. The number of carbonyl (C=O) groups excluding carboxylic acids is 1. The molecule has 1 aromatic heterocycles. The van der Waals surface area contributed by atoms with Gasteiger partial charge in [-0.05, 0) is 30.9 Å². The molecule has 8 nitrogen and oxygen atoms in total. The fraction of sp³-hybridized carbons (Fsp3) is 0.538. The Labute approximate surface area is 129 Å². The molecule has 1 aromatic rings. The standard InChI is InChI=1S/C13H19N3O5S/c1-22(18,19)21-9-3-2-8-20-11-5-4-10-6-7-14-13(17)16-12(10)15-11/h4-5H,2-3,6-9H2,1H3,(H2,14,15,16,17). The van der Waals surface area contributed by atoms with Crippen LogP contribution < -0.4 is 15.4 Å². The van der Waals surface area contributed by atoms with E-state index in [2.05, 4.69) is 19.8 Å². The van der Waals surface area contributed by atoms with Crippen molar-refractivity contribution in [2.45, 2.75) is 19.3 Å². The second-order valence-corrected chi connectivity index (χ2v) is 6.51. The molecule has 9 heteroatoms. The summed E-state index contributed by atoms with van der Waals surface area (Å²) in [6.07, 6.45) is 2.94. The molecule has 1 aliphatic heterocycles. The first kappa shape index (κ1) is 16.5. The van der Waals surface area contributed by atoms with Crippen LogP contribution >= 0.6 is 0 Å². The number of nitrogens with zero attached hydrogens (tertiary/aromatic N) is 1. The van der Waals surface area contributed by atoms with Crippen LogP contribution in [0.25, 0.3) is 0 Å². The van der Waals surface area contributed by atoms with E-state index in [0.29, 0.717) is 44.1 Å². The number of hydrogen-bond donors (Lipinski definition) is 2. The normalized spacial score (nSPS) is 14.5. The van der Waals surface area contributed by atoms with Gasteiger partial charge in [0.05, 0.1) is 19.5 Å². The molecular formula is C13H19N3O5S. The van der Waals surface area contributed by atoms with Crippen LogP contribution in [0.2, 0.25) is 0 Å². The second-order valence-electron chi connectivity index (χ2n) is 4.87. The van der Waals surface area contributed by atoms with Crippen molar-refractivity contribution in [3.63, 3.8) is 0 Å². The monoisotopic (exact) mass is 329 g/mol. The van der Waals surface area contributed by atoms with E-state index >= 15 is 0 Å². The molecular weight excluding hydrogens is 310 g/mol. The Morgan fingerprint density at radius 2 is 2.05 bits per heavy atom. The number of anilines is 1. The predicted octanol–water partition coefficient (Wildman–Crippen LogP) is 0.894. The largest absolute Gasteiger partial charge is 0.478 e. The van der Waals surface area contributed by atoms with Gasteiger partial charge in [0.1, 0.15) is 5.82 Å². The molecule has 0 aliphatic carbocycles. The lowest BCUT2D eigenvalue weighted by Gasteiger charge is -2.09. The van der Waals surface area contributed by atoms with Crippen molar-refractivity contribution < 1.29 is 22.1 Å². The summed E-state index contributed by atoms with van der Waals surface area (Å²) in [5, 5.41) is 5.36. The number of carbonyl (C=O) groups is 1. The average molecular weight is 329 g/mol. The smallest absolute Gasteiger partial charge is 0.320 e. The van der Waals surface area contributed by atoms with E-state index in [1.165, 1.54) is 0 Å². The quantitative estimate of drug-likeness (QED) is 0.568. The fourth-order valence-corrected chi connectivity index (χ4v) is 2.33. The molecule has 0 saturated heterocycles. The van der Waals surface area contributed by atoms with Crippen LogP contribution in [0, 0.1) is 0 Å². The van der Waals surface area contributed by atoms with Crippen molar-refractivity contribution in [1.82, 2.24) is 10.3 Å². The Morgan fingerprint density at radius 3 is 2.82 bits per heavy atom. The fourth-order valence-electron chi connectivity index (χ4n) is 1.91. The molecule has 22 heavy (non-hydrogen) atoms. The minimum Gasteiger partial charge on any atom is -0.478 e. The lowest BCUT2D eigenvalue weighted by molar-refractivity contribution is 0.252. The third-order valence-corrected chi connectivity index (χ3v) is 3.55. The van der Waals surface area contributed by atoms with E-state index < -0.39 is 10.1 Å². The van der Waals surface area contributed by atoms with Gasteiger partial charge in [0.25, 0.3) is 10.1 Å². The Hall–Kier alpha value is -1.87. The van der Waals surface area contributed by atoms with Gasteiger partial charge in [-0.25, -0.2) is 4.79 Å². The van der Waals surface area contributed by atoms with Gasteiger partial charge in [0.15, 0.2) is 0 Å². The summed E-state index contributed by atoms with van der Waals surface area (Å²) in [6, 6.07) is 3.35. The maximum atomic E-state index is 11.4. The van der Waals surface area contributed by atoms with Gasteiger partial charge in [-0.3, -0.25) is 9.50 Å². The summed E-state index contributed by atoms with van der Waals surface area (Å²) in [4.78, 5) is 15.7. The average Bonchev–Trinajstić information content (AvgIpc) is 2.61. The highest BCUT2D eigenvalue weighted by Crippen LogP contribution is 2.19. The number of amides is 2. The van der Waals surface area contributed by atoms with Crippen molar-refractivity contribution in [3.05, 3.63) is 17.7 Å². The number of rotatable bonds is 7. The van der Waals surface area contributed by atoms with E-state index in [0.717, 1.165) is 11.8 Å². The molecule has 2 N–H and O–H groups in total. The molecule has 0 atom stereocenters. The van der Waals surface area contributed by atoms with Gasteiger partial charge in [-0.2, -0.15) is 13.4 Å². The highest BCUT2D eigenvalue weighted by molar-refractivity contribution is 7.85. The lowest BCUT2D eigenvalue weighted by Crippen LogP contribution is -2.27.